The quantitative estimate of drug-likeness (QED) is 0.673. The van der Waals surface area contributed by atoms with Crippen molar-refractivity contribution in [3.63, 3.8) is 0 Å². The molecular weight excluding hydrogens is 364 g/mol. The third-order valence-electron chi connectivity index (χ3n) is 5.28. The molecule has 1 aliphatic rings. The molecule has 0 bridgehead atoms. The number of aryl methyl sites for hydroxylation is 2. The van der Waals surface area contributed by atoms with Crippen molar-refractivity contribution in [2.75, 3.05) is 5.32 Å². The summed E-state index contributed by atoms with van der Waals surface area (Å²) in [6, 6.07) is 16.3. The van der Waals surface area contributed by atoms with Gasteiger partial charge in [0.05, 0.1) is 5.69 Å². The van der Waals surface area contributed by atoms with E-state index in [1.807, 2.05) is 62.4 Å². The number of benzene rings is 2. The van der Waals surface area contributed by atoms with E-state index in [-0.39, 0.29) is 18.2 Å². The van der Waals surface area contributed by atoms with Crippen LogP contribution in [-0.4, -0.2) is 28.1 Å². The molecule has 0 saturated heterocycles. The molecule has 2 amide bonds. The average molecular weight is 390 g/mol. The van der Waals surface area contributed by atoms with Gasteiger partial charge in [-0.1, -0.05) is 36.4 Å². The van der Waals surface area contributed by atoms with Gasteiger partial charge >= 0.3 is 12.0 Å². The fourth-order valence-electron chi connectivity index (χ4n) is 3.90. The van der Waals surface area contributed by atoms with E-state index < -0.39 is 0 Å². The molecule has 0 atom stereocenters. The van der Waals surface area contributed by atoms with Crippen molar-refractivity contribution in [2.24, 2.45) is 0 Å². The lowest BCUT2D eigenvalue weighted by atomic mass is 9.93. The van der Waals surface area contributed by atoms with Crippen LogP contribution >= 0.6 is 0 Å². The molecule has 6 nitrogen and oxygen atoms in total. The van der Waals surface area contributed by atoms with E-state index >= 15 is 0 Å². The summed E-state index contributed by atoms with van der Waals surface area (Å²) in [5, 5.41) is 8.24. The Labute approximate surface area is 170 Å². The maximum absolute atomic E-state index is 12.5. The Kier molecular flexibility index (Phi) is 5.60. The van der Waals surface area contributed by atoms with E-state index in [2.05, 4.69) is 20.6 Å². The van der Waals surface area contributed by atoms with E-state index in [0.29, 0.717) is 6.01 Å². The number of nitrogens with one attached hydrogen (secondary N) is 2. The molecule has 1 aliphatic carbocycles. The minimum atomic E-state index is -0.164. The first-order valence-electron chi connectivity index (χ1n) is 10.1. The lowest BCUT2D eigenvalue weighted by molar-refractivity contribution is 0.129. The second-order valence-electron chi connectivity index (χ2n) is 7.65. The van der Waals surface area contributed by atoms with Gasteiger partial charge in [-0.2, -0.15) is 0 Å². The minimum absolute atomic E-state index is 0.0929. The fraction of sp³-hybridized carbons (Fsp3) is 0.348. The largest absolute Gasteiger partial charge is 0.460 e. The van der Waals surface area contributed by atoms with Gasteiger partial charge in [-0.15, -0.1) is 0 Å². The average Bonchev–Trinajstić information content (AvgIpc) is 2.69. The van der Waals surface area contributed by atoms with Crippen LogP contribution in [0.5, 0.6) is 6.01 Å². The highest BCUT2D eigenvalue weighted by Gasteiger charge is 2.24. The molecule has 150 valence electrons. The van der Waals surface area contributed by atoms with Crippen LogP contribution in [0, 0.1) is 13.8 Å². The van der Waals surface area contributed by atoms with Crippen LogP contribution < -0.4 is 15.4 Å². The zero-order valence-corrected chi connectivity index (χ0v) is 16.8. The Morgan fingerprint density at radius 3 is 2.41 bits per heavy atom. The third kappa shape index (κ3) is 4.83. The molecule has 1 saturated carbocycles. The molecule has 29 heavy (non-hydrogen) atoms. The number of fused-ring (bicyclic) bond motifs is 1. The number of rotatable bonds is 4. The monoisotopic (exact) mass is 390 g/mol. The van der Waals surface area contributed by atoms with Gasteiger partial charge in [-0.3, -0.25) is 0 Å². The van der Waals surface area contributed by atoms with Crippen LogP contribution in [0.1, 0.15) is 37.1 Å². The minimum Gasteiger partial charge on any atom is -0.460 e. The molecule has 1 heterocycles. The van der Waals surface area contributed by atoms with Crippen molar-refractivity contribution in [2.45, 2.75) is 51.7 Å². The van der Waals surface area contributed by atoms with Crippen LogP contribution in [-0.2, 0) is 0 Å². The van der Waals surface area contributed by atoms with Gasteiger partial charge in [0.2, 0.25) is 0 Å². The van der Waals surface area contributed by atoms with Gasteiger partial charge in [-0.25, -0.2) is 14.8 Å². The standard InChI is InChI=1S/C23H26N4O2/c1-15-14-16(2)25-23(24-15)29-19-12-10-18(11-13-19)26-22(28)27-21-9-5-7-17-6-3-4-8-20(17)21/h3-9,14,18-19H,10-13H2,1-2H3,(H2,26,27,28). The van der Waals surface area contributed by atoms with E-state index in [0.717, 1.165) is 53.5 Å². The molecular formula is C23H26N4O2. The predicted octanol–water partition coefficient (Wildman–Crippen LogP) is 4.76. The highest BCUT2D eigenvalue weighted by molar-refractivity contribution is 6.01. The van der Waals surface area contributed by atoms with Crippen molar-refractivity contribution in [1.29, 1.82) is 0 Å². The maximum Gasteiger partial charge on any atom is 0.319 e. The summed E-state index contributed by atoms with van der Waals surface area (Å²) >= 11 is 0. The van der Waals surface area contributed by atoms with E-state index in [4.69, 9.17) is 4.74 Å². The van der Waals surface area contributed by atoms with Crippen molar-refractivity contribution < 1.29 is 9.53 Å². The highest BCUT2D eigenvalue weighted by atomic mass is 16.5. The molecule has 2 aromatic carbocycles. The van der Waals surface area contributed by atoms with Crippen molar-refractivity contribution in [1.82, 2.24) is 15.3 Å². The first kappa shape index (κ1) is 19.2. The number of ether oxygens (including phenoxy) is 1. The first-order valence-corrected chi connectivity index (χ1v) is 10.1. The predicted molar refractivity (Wildman–Crippen MR) is 114 cm³/mol. The molecule has 0 radical (unpaired) electrons. The Bertz CT molecular complexity index is 987. The summed E-state index contributed by atoms with van der Waals surface area (Å²) in [5.74, 6) is 0. The van der Waals surface area contributed by atoms with Crippen LogP contribution in [0.3, 0.4) is 0 Å². The highest BCUT2D eigenvalue weighted by Crippen LogP contribution is 2.24. The molecule has 1 aromatic heterocycles. The zero-order chi connectivity index (χ0) is 20.2. The van der Waals surface area contributed by atoms with Crippen LogP contribution in [0.25, 0.3) is 10.8 Å². The second-order valence-corrected chi connectivity index (χ2v) is 7.65. The Balaban J connectivity index is 1.29. The lowest BCUT2D eigenvalue weighted by Crippen LogP contribution is -2.41. The van der Waals surface area contributed by atoms with E-state index in [9.17, 15) is 4.79 Å². The number of amides is 2. The summed E-state index contributed by atoms with van der Waals surface area (Å²) in [6.07, 6.45) is 3.58. The number of hydrogen-bond donors (Lipinski definition) is 2. The number of carbonyl (C=O) groups is 1. The summed E-state index contributed by atoms with van der Waals surface area (Å²) < 4.78 is 5.96. The topological polar surface area (TPSA) is 76.1 Å². The molecule has 0 unspecified atom stereocenters. The van der Waals surface area contributed by atoms with Crippen molar-refractivity contribution in [3.05, 3.63) is 59.9 Å². The number of aromatic nitrogens is 2. The Hall–Kier alpha value is -3.15. The molecule has 2 N–H and O–H groups in total. The summed E-state index contributed by atoms with van der Waals surface area (Å²) in [7, 11) is 0. The van der Waals surface area contributed by atoms with Crippen LogP contribution in [0.4, 0.5) is 10.5 Å². The number of nitrogens with zero attached hydrogens (tertiary/aromatic N) is 2. The van der Waals surface area contributed by atoms with Gasteiger partial charge in [-0.05, 0) is 57.0 Å². The van der Waals surface area contributed by atoms with Gasteiger partial charge in [0.15, 0.2) is 0 Å². The lowest BCUT2D eigenvalue weighted by Gasteiger charge is -2.29. The smallest absolute Gasteiger partial charge is 0.319 e. The first-order chi connectivity index (χ1) is 14.1. The molecule has 4 rings (SSSR count). The number of urea groups is 1. The second kappa shape index (κ2) is 8.47. The Morgan fingerprint density at radius 2 is 1.66 bits per heavy atom. The van der Waals surface area contributed by atoms with Crippen molar-refractivity contribution >= 4 is 22.5 Å². The van der Waals surface area contributed by atoms with Gasteiger partial charge < -0.3 is 15.4 Å². The summed E-state index contributed by atoms with van der Waals surface area (Å²) in [6.45, 7) is 3.88. The van der Waals surface area contributed by atoms with Gasteiger partial charge in [0.25, 0.3) is 0 Å². The molecule has 0 spiro atoms. The number of carbonyl (C=O) groups excluding carboxylic acids is 1. The van der Waals surface area contributed by atoms with E-state index in [1.54, 1.807) is 0 Å². The number of hydrogen-bond acceptors (Lipinski definition) is 4. The summed E-state index contributed by atoms with van der Waals surface area (Å²) in [5.41, 5.74) is 2.64. The Morgan fingerprint density at radius 1 is 0.966 bits per heavy atom. The number of anilines is 1. The van der Waals surface area contributed by atoms with Gasteiger partial charge in [0.1, 0.15) is 6.10 Å². The molecule has 6 heteroatoms. The summed E-state index contributed by atoms with van der Waals surface area (Å²) in [4.78, 5) is 21.2. The zero-order valence-electron chi connectivity index (χ0n) is 16.8. The van der Waals surface area contributed by atoms with Gasteiger partial charge in [0, 0.05) is 22.8 Å². The van der Waals surface area contributed by atoms with Crippen LogP contribution in [0.2, 0.25) is 0 Å². The molecule has 3 aromatic rings. The van der Waals surface area contributed by atoms with Crippen molar-refractivity contribution in [3.8, 4) is 6.01 Å². The normalized spacial score (nSPS) is 19.0. The maximum atomic E-state index is 12.5. The fourth-order valence-corrected chi connectivity index (χ4v) is 3.90. The SMILES string of the molecule is Cc1cc(C)nc(OC2CCC(NC(=O)Nc3cccc4ccccc34)CC2)n1. The third-order valence-corrected chi connectivity index (χ3v) is 5.28. The molecule has 0 aliphatic heterocycles. The van der Waals surface area contributed by atoms with E-state index in [1.165, 1.54) is 0 Å². The van der Waals surface area contributed by atoms with Crippen LogP contribution in [0.15, 0.2) is 48.5 Å². The molecule has 1 fully saturated rings.